The summed E-state index contributed by atoms with van der Waals surface area (Å²) in [6.45, 7) is 27.6. The van der Waals surface area contributed by atoms with Crippen LogP contribution in [0.5, 0.6) is 23.0 Å². The first-order valence-electron chi connectivity index (χ1n) is 44.5. The van der Waals surface area contributed by atoms with Gasteiger partial charge in [0.25, 0.3) is 6.71 Å². The number of para-hydroxylation sites is 6. The summed E-state index contributed by atoms with van der Waals surface area (Å²) in [4.78, 5) is 5.45. The van der Waals surface area contributed by atoms with E-state index in [1.54, 1.807) is 0 Å². The second kappa shape index (κ2) is 27.5. The van der Waals surface area contributed by atoms with E-state index < -0.39 is 6.71 Å². The monoisotopic (exact) mass is 1620 g/mol. The minimum Gasteiger partial charge on any atom is -0.456 e. The van der Waals surface area contributed by atoms with E-state index in [0.29, 0.717) is 0 Å². The number of rotatable bonds is 5. The van der Waals surface area contributed by atoms with Gasteiger partial charge in [0.15, 0.2) is 0 Å². The molecular weight excluding hydrogens is 1530 g/mol. The molecule has 7 nitrogen and oxygen atoms in total. The molecule has 0 fully saturated rings. The second-order valence-electron chi connectivity index (χ2n) is 39.1. The molecule has 0 amide bonds. The first-order valence-corrected chi connectivity index (χ1v) is 44.5. The van der Waals surface area contributed by atoms with E-state index in [9.17, 15) is 0 Å². The average molecular weight is 1620 g/mol. The first-order chi connectivity index (χ1) is 61.1. The minimum atomic E-state index is -0.463. The Bertz CT molecular complexity index is 7420. The van der Waals surface area contributed by atoms with Gasteiger partial charge in [0.2, 0.25) is 0 Å². The van der Waals surface area contributed by atoms with Gasteiger partial charge < -0.3 is 33.0 Å². The van der Waals surface area contributed by atoms with E-state index in [4.69, 9.17) is 9.47 Å². The van der Waals surface area contributed by atoms with Crippen LogP contribution in [0, 0.1) is 0 Å². The van der Waals surface area contributed by atoms with Crippen LogP contribution in [0.25, 0.3) is 149 Å². The molecule has 4 aliphatic heterocycles. The van der Waals surface area contributed by atoms with Gasteiger partial charge in [-0.1, -0.05) is 301 Å². The molecule has 0 N–H and O–H groups in total. The lowest BCUT2D eigenvalue weighted by Gasteiger charge is -2.47. The molecule has 0 unspecified atom stereocenters. The molecule has 0 spiro atoms. The van der Waals surface area contributed by atoms with Crippen LogP contribution < -0.4 is 35.7 Å². The molecule has 8 heteroatoms. The molecule has 3 aromatic heterocycles. The standard InChI is InChI=1S/C118H94BN5O2/c1-115(2,3)75-49-57-96-88(65-75)89-66-76(116(4,5)6)50-58-97(89)121(96)102-61-53-92-113-110(102)84-39-23-29-45-108(84)125-106-43-27-21-37-82(106)86-63-73(71-31-15-13-16-32-71)47-55-100(86)123(113)104-69-79(120-94-41-25-19-35-80(94)81-36-20-26-42-95(81)120)70-105-112(104)119(92)93-54-62-103(122-98-59-51-77(117(7,8)9)67-90(98)91-68-78(118(10,11)12)52-60-99(91)122)111-85-40-24-30-46-109(85)126-107-44-28-22-38-83(107)87-64-74(72-33-17-14-18-34-72)48-56-101(87)124(105)114(93)111/h13-70H,1-12H3. The van der Waals surface area contributed by atoms with Crippen LogP contribution in [-0.2, 0) is 21.7 Å². The Morgan fingerprint density at radius 2 is 0.532 bits per heavy atom. The van der Waals surface area contributed by atoms with Gasteiger partial charge in [0.05, 0.1) is 72.9 Å². The number of anilines is 6. The van der Waals surface area contributed by atoms with Crippen LogP contribution in [0.4, 0.5) is 34.1 Å². The number of aromatic nitrogens is 3. The molecule has 0 radical (unpaired) electrons. The molecular formula is C118H94BN5O2. The molecule has 0 saturated heterocycles. The summed E-state index contributed by atoms with van der Waals surface area (Å²) in [5.74, 6) is 2.99. The largest absolute Gasteiger partial charge is 0.456 e. The predicted molar refractivity (Wildman–Crippen MR) is 531 cm³/mol. The molecule has 0 bridgehead atoms. The van der Waals surface area contributed by atoms with Crippen LogP contribution >= 0.6 is 0 Å². The fourth-order valence-electron chi connectivity index (χ4n) is 21.1. The Morgan fingerprint density at radius 3 is 0.897 bits per heavy atom. The topological polar surface area (TPSA) is 39.7 Å². The highest BCUT2D eigenvalue weighted by atomic mass is 16.5. The number of benzene rings is 17. The molecule has 4 aliphatic rings. The van der Waals surface area contributed by atoms with Gasteiger partial charge >= 0.3 is 0 Å². The molecule has 17 aromatic carbocycles. The Kier molecular flexibility index (Phi) is 16.4. The second-order valence-corrected chi connectivity index (χ2v) is 39.1. The fourth-order valence-corrected chi connectivity index (χ4v) is 21.1. The van der Waals surface area contributed by atoms with Crippen LogP contribution in [-0.4, -0.2) is 20.4 Å². The third kappa shape index (κ3) is 11.4. The zero-order valence-corrected chi connectivity index (χ0v) is 73.1. The van der Waals surface area contributed by atoms with Crippen molar-refractivity contribution in [3.63, 3.8) is 0 Å². The number of ether oxygens (including phenoxy) is 2. The summed E-state index contributed by atoms with van der Waals surface area (Å²) in [7, 11) is 0. The van der Waals surface area contributed by atoms with Crippen molar-refractivity contribution < 1.29 is 9.47 Å². The van der Waals surface area contributed by atoms with Crippen molar-refractivity contribution in [1.29, 1.82) is 0 Å². The SMILES string of the molecule is CC(C)(C)c1ccc2c(c1)c1cc(C(C)(C)C)ccc1n2-c1ccc2c3c1-c1ccccc1Oc1ccccc1-c1cc(-c4ccccc4)ccc1N3c1cc(-n3c4ccccc4c4ccccc43)cc3c1B2c1ccc(-n2c4ccc(C(C)(C)C)cc4c4cc(C(C)(C)C)ccc42)c2c1N3c1ccc(-c3ccccc3)cc1-c1ccccc1Oc1ccccc1-2. The summed E-state index contributed by atoms with van der Waals surface area (Å²) in [6, 6.07) is 134. The summed E-state index contributed by atoms with van der Waals surface area (Å²) < 4.78 is 23.4. The Balaban J connectivity index is 0.931. The Labute approximate surface area is 736 Å². The lowest BCUT2D eigenvalue weighted by Crippen LogP contribution is -2.61. The van der Waals surface area contributed by atoms with E-state index >= 15 is 0 Å². The highest BCUT2D eigenvalue weighted by Gasteiger charge is 2.49. The van der Waals surface area contributed by atoms with E-state index in [0.717, 1.165) is 185 Å². The van der Waals surface area contributed by atoms with E-state index in [1.807, 2.05) is 0 Å². The Morgan fingerprint density at radius 1 is 0.222 bits per heavy atom. The molecule has 606 valence electrons. The van der Waals surface area contributed by atoms with E-state index in [1.165, 1.54) is 60.0 Å². The molecule has 24 rings (SSSR count). The van der Waals surface area contributed by atoms with Crippen molar-refractivity contribution in [1.82, 2.24) is 13.7 Å². The van der Waals surface area contributed by atoms with Crippen molar-refractivity contribution in [3.05, 3.63) is 374 Å². The normalized spacial score (nSPS) is 13.3. The average Bonchev–Trinajstić information content (AvgIpc) is 0.854. The highest BCUT2D eigenvalue weighted by molar-refractivity contribution is 7.00. The summed E-state index contributed by atoms with van der Waals surface area (Å²) in [5.41, 5.74) is 36.4. The summed E-state index contributed by atoms with van der Waals surface area (Å²) >= 11 is 0. The van der Waals surface area contributed by atoms with Gasteiger partial charge in [-0.15, -0.1) is 0 Å². The maximum atomic E-state index is 7.85. The van der Waals surface area contributed by atoms with Crippen molar-refractivity contribution >= 4 is 123 Å². The van der Waals surface area contributed by atoms with Gasteiger partial charge in [-0.2, -0.15) is 0 Å². The van der Waals surface area contributed by atoms with Gasteiger partial charge in [-0.25, -0.2) is 0 Å². The summed E-state index contributed by atoms with van der Waals surface area (Å²) in [5, 5.41) is 7.19. The number of hydrogen-bond acceptors (Lipinski definition) is 4. The molecule has 0 saturated carbocycles. The lowest BCUT2D eigenvalue weighted by molar-refractivity contribution is 0.486. The zero-order valence-electron chi connectivity index (χ0n) is 73.1. The third-order valence-electron chi connectivity index (χ3n) is 27.4. The third-order valence-corrected chi connectivity index (χ3v) is 27.4. The van der Waals surface area contributed by atoms with Crippen LogP contribution in [0.15, 0.2) is 352 Å². The molecule has 20 aromatic rings. The minimum absolute atomic E-state index is 0.133. The van der Waals surface area contributed by atoms with Crippen LogP contribution in [0.3, 0.4) is 0 Å². The number of hydrogen-bond donors (Lipinski definition) is 0. The molecule has 0 atom stereocenters. The summed E-state index contributed by atoms with van der Waals surface area (Å²) in [6.07, 6.45) is 0. The zero-order chi connectivity index (χ0) is 85.3. The van der Waals surface area contributed by atoms with Gasteiger partial charge in [0.1, 0.15) is 23.0 Å². The van der Waals surface area contributed by atoms with E-state index in [2.05, 4.69) is 458 Å². The molecule has 7 heterocycles. The van der Waals surface area contributed by atoms with Gasteiger partial charge in [-0.3, -0.25) is 0 Å². The van der Waals surface area contributed by atoms with Crippen molar-refractivity contribution in [2.75, 3.05) is 9.80 Å². The van der Waals surface area contributed by atoms with Crippen molar-refractivity contribution in [2.45, 2.75) is 105 Å². The predicted octanol–water partition coefficient (Wildman–Crippen LogP) is 30.5. The van der Waals surface area contributed by atoms with Crippen LogP contribution in [0.2, 0.25) is 0 Å². The maximum Gasteiger partial charge on any atom is 0.252 e. The van der Waals surface area contributed by atoms with Gasteiger partial charge in [0, 0.05) is 88.2 Å². The maximum absolute atomic E-state index is 7.85. The fraction of sp³-hybridized carbons (Fsp3) is 0.136. The molecule has 126 heavy (non-hydrogen) atoms. The van der Waals surface area contributed by atoms with Crippen molar-refractivity contribution in [2.24, 2.45) is 0 Å². The Hall–Kier alpha value is -14.6. The quantitative estimate of drug-likeness (QED) is 0.161. The number of fused-ring (bicyclic) bond motifs is 25. The first kappa shape index (κ1) is 75.2. The molecule has 0 aliphatic carbocycles. The van der Waals surface area contributed by atoms with Gasteiger partial charge in [-0.05, 0) is 216 Å². The van der Waals surface area contributed by atoms with E-state index in [-0.39, 0.29) is 21.7 Å². The smallest absolute Gasteiger partial charge is 0.252 e. The number of nitrogens with zero attached hydrogens (tertiary/aromatic N) is 5. The lowest BCUT2D eigenvalue weighted by atomic mass is 9.33. The van der Waals surface area contributed by atoms with Crippen molar-refractivity contribution in [3.8, 4) is 107 Å². The van der Waals surface area contributed by atoms with Crippen LogP contribution in [0.1, 0.15) is 105 Å². The highest BCUT2D eigenvalue weighted by Crippen LogP contribution is 2.60.